The van der Waals surface area contributed by atoms with E-state index in [1.54, 1.807) is 11.8 Å². The van der Waals surface area contributed by atoms with Crippen LogP contribution in [0.2, 0.25) is 5.28 Å². The van der Waals surface area contributed by atoms with E-state index < -0.39 is 0 Å². The van der Waals surface area contributed by atoms with E-state index in [-0.39, 0.29) is 0 Å². The summed E-state index contributed by atoms with van der Waals surface area (Å²) in [6, 6.07) is 0. The largest absolute Gasteiger partial charge is 0.341 e. The molecule has 6 heteroatoms. The third kappa shape index (κ3) is 3.45. The van der Waals surface area contributed by atoms with Crippen LogP contribution in [-0.4, -0.2) is 33.3 Å². The molecule has 1 atom stereocenters. The van der Waals surface area contributed by atoms with Crippen LogP contribution >= 0.6 is 23.4 Å². The van der Waals surface area contributed by atoms with Crippen molar-refractivity contribution in [2.75, 3.05) is 18.0 Å². The molecular formula is C11H17ClN4S. The van der Waals surface area contributed by atoms with E-state index in [4.69, 9.17) is 11.6 Å². The van der Waals surface area contributed by atoms with Crippen LogP contribution in [0.1, 0.15) is 33.1 Å². The standard InChI is InChI=1S/C11H17ClN4S/c1-3-8(2)17-11-14-9(12)13-10(15-11)16-6-4-5-7-16/h8H,3-7H2,1-2H3. The number of halogens is 1. The summed E-state index contributed by atoms with van der Waals surface area (Å²) in [4.78, 5) is 15.0. The van der Waals surface area contributed by atoms with Gasteiger partial charge in [-0.3, -0.25) is 0 Å². The Balaban J connectivity index is 2.16. The minimum absolute atomic E-state index is 0.299. The number of nitrogens with zero attached hydrogens (tertiary/aromatic N) is 4. The Kier molecular flexibility index (Phi) is 4.45. The molecule has 0 aromatic carbocycles. The fourth-order valence-corrected chi connectivity index (χ4v) is 2.70. The molecule has 1 fully saturated rings. The SMILES string of the molecule is CCC(C)Sc1nc(Cl)nc(N2CCCC2)n1. The zero-order chi connectivity index (χ0) is 12.3. The molecule has 2 heterocycles. The first-order chi connectivity index (χ1) is 8.19. The van der Waals surface area contributed by atoms with Gasteiger partial charge in [0.25, 0.3) is 0 Å². The van der Waals surface area contributed by atoms with Gasteiger partial charge < -0.3 is 4.90 Å². The Morgan fingerprint density at radius 3 is 2.65 bits per heavy atom. The molecule has 1 aromatic rings. The predicted molar refractivity (Wildman–Crippen MR) is 71.9 cm³/mol. The van der Waals surface area contributed by atoms with Crippen LogP contribution in [0.3, 0.4) is 0 Å². The topological polar surface area (TPSA) is 41.9 Å². The lowest BCUT2D eigenvalue weighted by Crippen LogP contribution is -2.21. The molecule has 1 unspecified atom stereocenters. The van der Waals surface area contributed by atoms with Gasteiger partial charge in [0.05, 0.1) is 0 Å². The van der Waals surface area contributed by atoms with Crippen LogP contribution < -0.4 is 4.90 Å². The van der Waals surface area contributed by atoms with Gasteiger partial charge in [-0.05, 0) is 30.9 Å². The smallest absolute Gasteiger partial charge is 0.230 e. The van der Waals surface area contributed by atoms with Crippen LogP contribution in [0, 0.1) is 0 Å². The maximum Gasteiger partial charge on any atom is 0.230 e. The van der Waals surface area contributed by atoms with E-state index in [0.29, 0.717) is 10.5 Å². The predicted octanol–water partition coefficient (Wildman–Crippen LogP) is 3.02. The lowest BCUT2D eigenvalue weighted by molar-refractivity contribution is 0.818. The highest BCUT2D eigenvalue weighted by Crippen LogP contribution is 2.25. The normalized spacial score (nSPS) is 17.5. The zero-order valence-corrected chi connectivity index (χ0v) is 11.8. The maximum atomic E-state index is 5.95. The average Bonchev–Trinajstić information content (AvgIpc) is 2.81. The molecular weight excluding hydrogens is 256 g/mol. The van der Waals surface area contributed by atoms with Gasteiger partial charge in [-0.25, -0.2) is 0 Å². The molecule has 1 aliphatic rings. The molecule has 0 spiro atoms. The second-order valence-corrected chi connectivity index (χ2v) is 5.96. The highest BCUT2D eigenvalue weighted by atomic mass is 35.5. The second-order valence-electron chi connectivity index (χ2n) is 4.22. The van der Waals surface area contributed by atoms with Crippen molar-refractivity contribution < 1.29 is 0 Å². The van der Waals surface area contributed by atoms with Gasteiger partial charge in [-0.1, -0.05) is 25.6 Å². The first kappa shape index (κ1) is 12.9. The highest BCUT2D eigenvalue weighted by Gasteiger charge is 2.17. The van der Waals surface area contributed by atoms with Gasteiger partial charge in [-0.2, -0.15) is 15.0 Å². The van der Waals surface area contributed by atoms with E-state index in [0.717, 1.165) is 30.6 Å². The molecule has 1 aromatic heterocycles. The van der Waals surface area contributed by atoms with Crippen molar-refractivity contribution in [3.05, 3.63) is 5.28 Å². The Morgan fingerprint density at radius 2 is 2.00 bits per heavy atom. The van der Waals surface area contributed by atoms with Crippen LogP contribution in [0.5, 0.6) is 0 Å². The quantitative estimate of drug-likeness (QED) is 0.788. The molecule has 4 nitrogen and oxygen atoms in total. The summed E-state index contributed by atoms with van der Waals surface area (Å²) >= 11 is 7.61. The van der Waals surface area contributed by atoms with E-state index in [1.165, 1.54) is 12.8 Å². The molecule has 2 rings (SSSR count). The first-order valence-corrected chi connectivity index (χ1v) is 7.28. The zero-order valence-electron chi connectivity index (χ0n) is 10.2. The van der Waals surface area contributed by atoms with Crippen molar-refractivity contribution in [2.24, 2.45) is 0 Å². The van der Waals surface area contributed by atoms with Crippen LogP contribution in [0.15, 0.2) is 5.16 Å². The fourth-order valence-electron chi connectivity index (χ4n) is 1.70. The minimum Gasteiger partial charge on any atom is -0.341 e. The lowest BCUT2D eigenvalue weighted by atomic mass is 10.4. The second kappa shape index (κ2) is 5.87. The minimum atomic E-state index is 0.299. The average molecular weight is 273 g/mol. The van der Waals surface area contributed by atoms with Gasteiger partial charge in [0.15, 0.2) is 5.16 Å². The van der Waals surface area contributed by atoms with Gasteiger partial charge in [0.2, 0.25) is 11.2 Å². The van der Waals surface area contributed by atoms with Crippen molar-refractivity contribution in [1.29, 1.82) is 0 Å². The third-order valence-corrected chi connectivity index (χ3v) is 4.14. The fraction of sp³-hybridized carbons (Fsp3) is 0.727. The summed E-state index contributed by atoms with van der Waals surface area (Å²) in [5.41, 5.74) is 0. The van der Waals surface area contributed by atoms with E-state index >= 15 is 0 Å². The summed E-state index contributed by atoms with van der Waals surface area (Å²) in [5.74, 6) is 0.730. The molecule has 94 valence electrons. The summed E-state index contributed by atoms with van der Waals surface area (Å²) in [6.45, 7) is 6.36. The van der Waals surface area contributed by atoms with Crippen molar-refractivity contribution >= 4 is 29.3 Å². The monoisotopic (exact) mass is 272 g/mol. The Morgan fingerprint density at radius 1 is 1.29 bits per heavy atom. The molecule has 0 radical (unpaired) electrons. The lowest BCUT2D eigenvalue weighted by Gasteiger charge is -2.15. The number of rotatable bonds is 4. The molecule has 0 aliphatic carbocycles. The summed E-state index contributed by atoms with van der Waals surface area (Å²) < 4.78 is 0. The molecule has 1 aliphatic heterocycles. The first-order valence-electron chi connectivity index (χ1n) is 6.02. The number of hydrogen-bond acceptors (Lipinski definition) is 5. The summed E-state index contributed by atoms with van der Waals surface area (Å²) in [5, 5.41) is 1.54. The summed E-state index contributed by atoms with van der Waals surface area (Å²) in [6.07, 6.45) is 3.50. The maximum absolute atomic E-state index is 5.95. The highest BCUT2D eigenvalue weighted by molar-refractivity contribution is 7.99. The van der Waals surface area contributed by atoms with E-state index in [1.807, 2.05) is 0 Å². The van der Waals surface area contributed by atoms with Gasteiger partial charge in [0.1, 0.15) is 0 Å². The molecule has 0 bridgehead atoms. The van der Waals surface area contributed by atoms with Gasteiger partial charge >= 0.3 is 0 Å². The Bertz CT molecular complexity index is 382. The molecule has 1 saturated heterocycles. The molecule has 0 N–H and O–H groups in total. The number of thioether (sulfide) groups is 1. The van der Waals surface area contributed by atoms with Crippen molar-refractivity contribution in [1.82, 2.24) is 15.0 Å². The Labute approximate surface area is 111 Å². The van der Waals surface area contributed by atoms with Gasteiger partial charge in [-0.15, -0.1) is 0 Å². The van der Waals surface area contributed by atoms with E-state index in [2.05, 4.69) is 33.7 Å². The van der Waals surface area contributed by atoms with Crippen LogP contribution in [-0.2, 0) is 0 Å². The van der Waals surface area contributed by atoms with Gasteiger partial charge in [0, 0.05) is 18.3 Å². The number of hydrogen-bond donors (Lipinski definition) is 0. The number of anilines is 1. The molecule has 0 saturated carbocycles. The van der Waals surface area contributed by atoms with Crippen molar-refractivity contribution in [3.63, 3.8) is 0 Å². The van der Waals surface area contributed by atoms with Crippen molar-refractivity contribution in [3.8, 4) is 0 Å². The summed E-state index contributed by atoms with van der Waals surface area (Å²) in [7, 11) is 0. The number of aromatic nitrogens is 3. The van der Waals surface area contributed by atoms with E-state index in [9.17, 15) is 0 Å². The van der Waals surface area contributed by atoms with Crippen LogP contribution in [0.25, 0.3) is 0 Å². The molecule has 17 heavy (non-hydrogen) atoms. The van der Waals surface area contributed by atoms with Crippen LogP contribution in [0.4, 0.5) is 5.95 Å². The third-order valence-electron chi connectivity index (χ3n) is 2.85. The van der Waals surface area contributed by atoms with Crippen molar-refractivity contribution in [2.45, 2.75) is 43.5 Å². The molecule has 0 amide bonds. The Hall–Kier alpha value is -0.550.